The fourth-order valence-electron chi connectivity index (χ4n) is 1.32. The Morgan fingerprint density at radius 2 is 1.50 bits per heavy atom. The van der Waals surface area contributed by atoms with E-state index < -0.39 is 0 Å². The molecule has 0 amide bonds. The predicted molar refractivity (Wildman–Crippen MR) is 62.9 cm³/mol. The molecule has 0 fully saturated rings. The molecule has 0 atom stereocenters. The monoisotopic (exact) mass is 235 g/mol. The molecule has 1 heterocycles. The maximum absolute atomic E-state index is 5.78. The van der Waals surface area contributed by atoms with Crippen molar-refractivity contribution in [2.24, 2.45) is 0 Å². The molecule has 5 nitrogen and oxygen atoms in total. The van der Waals surface area contributed by atoms with Crippen molar-refractivity contribution < 1.29 is 0 Å². The van der Waals surface area contributed by atoms with Crippen molar-refractivity contribution in [1.82, 2.24) is 15.0 Å². The summed E-state index contributed by atoms with van der Waals surface area (Å²) in [5, 5.41) is 0.693. The van der Waals surface area contributed by atoms with Crippen molar-refractivity contribution in [3.05, 3.63) is 40.7 Å². The Morgan fingerprint density at radius 3 is 2.06 bits per heavy atom. The van der Waals surface area contributed by atoms with Gasteiger partial charge in [0.05, 0.1) is 0 Å². The number of rotatable bonds is 2. The van der Waals surface area contributed by atoms with Crippen molar-refractivity contribution in [3.8, 4) is 0 Å². The highest BCUT2D eigenvalue weighted by molar-refractivity contribution is 6.30. The van der Waals surface area contributed by atoms with Crippen molar-refractivity contribution >= 4 is 23.5 Å². The number of hydrogen-bond acceptors (Lipinski definition) is 5. The summed E-state index contributed by atoms with van der Waals surface area (Å²) in [5.41, 5.74) is 12.0. The summed E-state index contributed by atoms with van der Waals surface area (Å²) < 4.78 is 0. The standard InChI is InChI=1S/C10H10ClN5/c11-7-3-1-6(2-4-7)5-8-14-9(12)16-10(13)15-8/h1-4H,5H2,(H4,12,13,14,15,16). The lowest BCUT2D eigenvalue weighted by Gasteiger charge is -2.02. The molecule has 0 aliphatic heterocycles. The van der Waals surface area contributed by atoms with Crippen molar-refractivity contribution in [2.45, 2.75) is 6.42 Å². The first-order chi connectivity index (χ1) is 7.63. The van der Waals surface area contributed by atoms with Crippen LogP contribution in [0.5, 0.6) is 0 Å². The van der Waals surface area contributed by atoms with Crippen LogP contribution in [-0.4, -0.2) is 15.0 Å². The SMILES string of the molecule is Nc1nc(N)nc(Cc2ccc(Cl)cc2)n1. The lowest BCUT2D eigenvalue weighted by atomic mass is 10.1. The number of benzene rings is 1. The number of aromatic nitrogens is 3. The van der Waals surface area contributed by atoms with Crippen LogP contribution in [0.1, 0.15) is 11.4 Å². The third kappa shape index (κ3) is 2.58. The molecule has 16 heavy (non-hydrogen) atoms. The normalized spacial score (nSPS) is 10.3. The van der Waals surface area contributed by atoms with E-state index in [0.29, 0.717) is 17.3 Å². The largest absolute Gasteiger partial charge is 0.368 e. The highest BCUT2D eigenvalue weighted by Gasteiger charge is 2.03. The van der Waals surface area contributed by atoms with Gasteiger partial charge in [-0.3, -0.25) is 0 Å². The molecule has 0 unspecified atom stereocenters. The van der Waals surface area contributed by atoms with Gasteiger partial charge in [0, 0.05) is 11.4 Å². The van der Waals surface area contributed by atoms with E-state index >= 15 is 0 Å². The summed E-state index contributed by atoms with van der Waals surface area (Å²) in [6, 6.07) is 7.42. The van der Waals surface area contributed by atoms with Gasteiger partial charge >= 0.3 is 0 Å². The van der Waals surface area contributed by atoms with Gasteiger partial charge in [-0.15, -0.1) is 0 Å². The van der Waals surface area contributed by atoms with Crippen LogP contribution in [0.15, 0.2) is 24.3 Å². The highest BCUT2D eigenvalue weighted by atomic mass is 35.5. The number of nitrogens with two attached hydrogens (primary N) is 2. The average Bonchev–Trinajstić information content (AvgIpc) is 2.20. The van der Waals surface area contributed by atoms with Gasteiger partial charge in [0.25, 0.3) is 0 Å². The molecular weight excluding hydrogens is 226 g/mol. The molecular formula is C10H10ClN5. The Balaban J connectivity index is 2.23. The topological polar surface area (TPSA) is 90.7 Å². The number of hydrogen-bond donors (Lipinski definition) is 2. The second kappa shape index (κ2) is 4.32. The van der Waals surface area contributed by atoms with Crippen LogP contribution < -0.4 is 11.5 Å². The summed E-state index contributed by atoms with van der Waals surface area (Å²) >= 11 is 5.78. The Kier molecular flexibility index (Phi) is 2.87. The summed E-state index contributed by atoms with van der Waals surface area (Å²) in [6.07, 6.45) is 0.550. The Morgan fingerprint density at radius 1 is 0.938 bits per heavy atom. The summed E-state index contributed by atoms with van der Waals surface area (Å²) in [5.74, 6) is 0.820. The molecule has 82 valence electrons. The summed E-state index contributed by atoms with van der Waals surface area (Å²) in [7, 11) is 0. The van der Waals surface area contributed by atoms with Crippen molar-refractivity contribution in [1.29, 1.82) is 0 Å². The maximum Gasteiger partial charge on any atom is 0.225 e. The minimum Gasteiger partial charge on any atom is -0.368 e. The number of anilines is 2. The molecule has 6 heteroatoms. The number of nitrogen functional groups attached to an aromatic ring is 2. The van der Waals surface area contributed by atoms with Crippen LogP contribution in [0.25, 0.3) is 0 Å². The van der Waals surface area contributed by atoms with Crippen LogP contribution in [-0.2, 0) is 6.42 Å². The molecule has 1 aromatic carbocycles. The summed E-state index contributed by atoms with van der Waals surface area (Å²) in [6.45, 7) is 0. The van der Waals surface area contributed by atoms with E-state index in [2.05, 4.69) is 15.0 Å². The molecule has 0 saturated heterocycles. The maximum atomic E-state index is 5.78. The predicted octanol–water partition coefficient (Wildman–Crippen LogP) is 1.28. The zero-order chi connectivity index (χ0) is 11.5. The van der Waals surface area contributed by atoms with E-state index in [1.165, 1.54) is 0 Å². The Bertz CT molecular complexity index is 477. The second-order valence-electron chi connectivity index (χ2n) is 3.27. The van der Waals surface area contributed by atoms with Crippen molar-refractivity contribution in [3.63, 3.8) is 0 Å². The van der Waals surface area contributed by atoms with E-state index in [9.17, 15) is 0 Å². The lowest BCUT2D eigenvalue weighted by molar-refractivity contribution is 0.939. The van der Waals surface area contributed by atoms with Gasteiger partial charge in [-0.05, 0) is 17.7 Å². The quantitative estimate of drug-likeness (QED) is 0.818. The fourth-order valence-corrected chi connectivity index (χ4v) is 1.45. The Hall–Kier alpha value is -1.88. The van der Waals surface area contributed by atoms with Crippen LogP contribution in [0, 0.1) is 0 Å². The number of halogens is 1. The third-order valence-electron chi connectivity index (χ3n) is 1.99. The molecule has 2 aromatic rings. The summed E-state index contributed by atoms with van der Waals surface area (Å²) in [4.78, 5) is 11.7. The first-order valence-corrected chi connectivity index (χ1v) is 5.01. The molecule has 1 aromatic heterocycles. The minimum atomic E-state index is 0.136. The average molecular weight is 236 g/mol. The molecule has 2 rings (SSSR count). The molecule has 0 spiro atoms. The van der Waals surface area contributed by atoms with Crippen LogP contribution in [0.3, 0.4) is 0 Å². The van der Waals surface area contributed by atoms with Crippen LogP contribution >= 0.6 is 11.6 Å². The third-order valence-corrected chi connectivity index (χ3v) is 2.24. The van der Waals surface area contributed by atoms with Gasteiger partial charge in [0.1, 0.15) is 5.82 Å². The fraction of sp³-hybridized carbons (Fsp3) is 0.100. The lowest BCUT2D eigenvalue weighted by Crippen LogP contribution is -2.07. The molecule has 0 saturated carbocycles. The van der Waals surface area contributed by atoms with Crippen LogP contribution in [0.2, 0.25) is 5.02 Å². The zero-order valence-electron chi connectivity index (χ0n) is 8.39. The molecule has 0 bridgehead atoms. The van der Waals surface area contributed by atoms with Crippen molar-refractivity contribution in [2.75, 3.05) is 11.5 Å². The van der Waals surface area contributed by atoms with E-state index in [0.717, 1.165) is 5.56 Å². The van der Waals surface area contributed by atoms with Gasteiger partial charge < -0.3 is 11.5 Å². The Labute approximate surface area is 97.5 Å². The van der Waals surface area contributed by atoms with E-state index in [1.54, 1.807) is 0 Å². The highest BCUT2D eigenvalue weighted by Crippen LogP contribution is 2.12. The first kappa shape index (κ1) is 10.6. The molecule has 0 aliphatic carbocycles. The van der Waals surface area contributed by atoms with Gasteiger partial charge in [0.15, 0.2) is 0 Å². The smallest absolute Gasteiger partial charge is 0.225 e. The van der Waals surface area contributed by atoms with Gasteiger partial charge in [-0.25, -0.2) is 0 Å². The van der Waals surface area contributed by atoms with E-state index in [1.807, 2.05) is 24.3 Å². The van der Waals surface area contributed by atoms with Gasteiger partial charge in [-0.1, -0.05) is 23.7 Å². The molecule has 0 aliphatic rings. The van der Waals surface area contributed by atoms with Crippen LogP contribution in [0.4, 0.5) is 11.9 Å². The zero-order valence-corrected chi connectivity index (χ0v) is 9.15. The van der Waals surface area contributed by atoms with E-state index in [4.69, 9.17) is 23.1 Å². The number of nitrogens with zero attached hydrogens (tertiary/aromatic N) is 3. The van der Waals surface area contributed by atoms with E-state index in [-0.39, 0.29) is 11.9 Å². The molecule has 4 N–H and O–H groups in total. The first-order valence-electron chi connectivity index (χ1n) is 4.64. The molecule has 0 radical (unpaired) electrons. The van der Waals surface area contributed by atoms with Gasteiger partial charge in [0.2, 0.25) is 11.9 Å². The van der Waals surface area contributed by atoms with Gasteiger partial charge in [-0.2, -0.15) is 15.0 Å². The second-order valence-corrected chi connectivity index (χ2v) is 3.71. The minimum absolute atomic E-state index is 0.136.